The molecule has 5 heteroatoms. The molecule has 19 heavy (non-hydrogen) atoms. The van der Waals surface area contributed by atoms with Gasteiger partial charge in [0.15, 0.2) is 11.5 Å². The molecule has 0 bridgehead atoms. The molecule has 0 aromatic heterocycles. The highest BCUT2D eigenvalue weighted by molar-refractivity contribution is 7.98. The molecule has 0 unspecified atom stereocenters. The number of benzene rings is 1. The van der Waals surface area contributed by atoms with Gasteiger partial charge in [-0.3, -0.25) is 0 Å². The first-order valence-corrected chi connectivity index (χ1v) is 7.47. The number of nitrogens with one attached hydrogen (secondary N) is 1. The first-order valence-electron chi connectivity index (χ1n) is 6.25. The van der Waals surface area contributed by atoms with E-state index in [1.165, 1.54) is 10.5 Å². The normalized spacial score (nSPS) is 10.5. The average Bonchev–Trinajstić information content (AvgIpc) is 2.46. The maximum absolute atomic E-state index is 5.34. The third-order valence-electron chi connectivity index (χ3n) is 2.80. The Bertz CT molecular complexity index is 385. The molecular formula is C14H23NO3S. The van der Waals surface area contributed by atoms with Crippen molar-refractivity contribution in [2.24, 2.45) is 0 Å². The number of methoxy groups -OCH3 is 3. The van der Waals surface area contributed by atoms with Gasteiger partial charge >= 0.3 is 0 Å². The highest BCUT2D eigenvalue weighted by Crippen LogP contribution is 2.34. The number of rotatable bonds is 9. The minimum Gasteiger partial charge on any atom is -0.493 e. The summed E-state index contributed by atoms with van der Waals surface area (Å²) < 4.78 is 15.7. The summed E-state index contributed by atoms with van der Waals surface area (Å²) >= 11 is 1.71. The monoisotopic (exact) mass is 285 g/mol. The Labute approximate surface area is 119 Å². The molecule has 0 atom stereocenters. The SMILES string of the molecule is COCCCNCc1cc(OC)c(OC)cc1SC. The summed E-state index contributed by atoms with van der Waals surface area (Å²) in [5.41, 5.74) is 1.22. The van der Waals surface area contributed by atoms with Crippen molar-refractivity contribution in [3.05, 3.63) is 17.7 Å². The van der Waals surface area contributed by atoms with Crippen LogP contribution in [0.3, 0.4) is 0 Å². The Hall–Kier alpha value is -0.910. The van der Waals surface area contributed by atoms with E-state index < -0.39 is 0 Å². The minimum atomic E-state index is 0.772. The second-order valence-corrected chi connectivity index (χ2v) is 4.89. The van der Waals surface area contributed by atoms with Gasteiger partial charge in [0.1, 0.15) is 0 Å². The van der Waals surface area contributed by atoms with Crippen LogP contribution in [0.25, 0.3) is 0 Å². The number of ether oxygens (including phenoxy) is 3. The molecule has 0 fully saturated rings. The maximum atomic E-state index is 5.34. The lowest BCUT2D eigenvalue weighted by Gasteiger charge is -2.14. The molecule has 0 radical (unpaired) electrons. The van der Waals surface area contributed by atoms with E-state index in [4.69, 9.17) is 14.2 Å². The van der Waals surface area contributed by atoms with Crippen molar-refractivity contribution in [1.29, 1.82) is 0 Å². The minimum absolute atomic E-state index is 0.772. The first kappa shape index (κ1) is 16.1. The topological polar surface area (TPSA) is 39.7 Å². The van der Waals surface area contributed by atoms with Crippen LogP contribution in [0.2, 0.25) is 0 Å². The van der Waals surface area contributed by atoms with E-state index in [1.807, 2.05) is 12.1 Å². The molecule has 1 aromatic carbocycles. The lowest BCUT2D eigenvalue weighted by molar-refractivity contribution is 0.194. The molecule has 0 aliphatic heterocycles. The molecule has 1 N–H and O–H groups in total. The summed E-state index contributed by atoms with van der Waals surface area (Å²) in [5.74, 6) is 1.55. The number of hydrogen-bond acceptors (Lipinski definition) is 5. The smallest absolute Gasteiger partial charge is 0.161 e. The van der Waals surface area contributed by atoms with Crippen LogP contribution in [0.5, 0.6) is 11.5 Å². The maximum Gasteiger partial charge on any atom is 0.161 e. The molecule has 0 amide bonds. The van der Waals surface area contributed by atoms with Gasteiger partial charge in [0, 0.05) is 25.2 Å². The van der Waals surface area contributed by atoms with Crippen LogP contribution in [0.15, 0.2) is 17.0 Å². The molecule has 0 aliphatic rings. The van der Waals surface area contributed by atoms with Gasteiger partial charge in [0.25, 0.3) is 0 Å². The van der Waals surface area contributed by atoms with Gasteiger partial charge in [-0.2, -0.15) is 0 Å². The molecule has 108 valence electrons. The lowest BCUT2D eigenvalue weighted by Crippen LogP contribution is -2.16. The standard InChI is InChI=1S/C14H23NO3S/c1-16-7-5-6-15-10-11-8-12(17-2)13(18-3)9-14(11)19-4/h8-9,15H,5-7,10H2,1-4H3. The van der Waals surface area contributed by atoms with Gasteiger partial charge in [-0.25, -0.2) is 0 Å². The summed E-state index contributed by atoms with van der Waals surface area (Å²) in [7, 11) is 5.04. The van der Waals surface area contributed by atoms with Gasteiger partial charge in [0.05, 0.1) is 14.2 Å². The molecule has 0 heterocycles. The van der Waals surface area contributed by atoms with Crippen LogP contribution in [0.4, 0.5) is 0 Å². The number of thioether (sulfide) groups is 1. The molecule has 1 rings (SSSR count). The highest BCUT2D eigenvalue weighted by atomic mass is 32.2. The Balaban J connectivity index is 2.70. The van der Waals surface area contributed by atoms with E-state index in [2.05, 4.69) is 11.6 Å². The fraction of sp³-hybridized carbons (Fsp3) is 0.571. The number of hydrogen-bond donors (Lipinski definition) is 1. The van der Waals surface area contributed by atoms with Crippen molar-refractivity contribution in [3.63, 3.8) is 0 Å². The average molecular weight is 285 g/mol. The second kappa shape index (κ2) is 9.07. The zero-order valence-electron chi connectivity index (χ0n) is 12.1. The molecule has 0 saturated heterocycles. The Kier molecular flexibility index (Phi) is 7.70. The summed E-state index contributed by atoms with van der Waals surface area (Å²) in [4.78, 5) is 1.21. The summed E-state index contributed by atoms with van der Waals surface area (Å²) in [5, 5.41) is 3.41. The quantitative estimate of drug-likeness (QED) is 0.558. The lowest BCUT2D eigenvalue weighted by atomic mass is 10.2. The van der Waals surface area contributed by atoms with E-state index in [9.17, 15) is 0 Å². The van der Waals surface area contributed by atoms with Crippen LogP contribution < -0.4 is 14.8 Å². The molecule has 0 saturated carbocycles. The summed E-state index contributed by atoms with van der Waals surface area (Å²) in [6.45, 7) is 2.55. The molecular weight excluding hydrogens is 262 g/mol. The van der Waals surface area contributed by atoms with E-state index in [1.54, 1.807) is 33.1 Å². The van der Waals surface area contributed by atoms with Gasteiger partial charge < -0.3 is 19.5 Å². The zero-order chi connectivity index (χ0) is 14.1. The Morgan fingerprint density at radius 2 is 1.79 bits per heavy atom. The van der Waals surface area contributed by atoms with Crippen LogP contribution in [0, 0.1) is 0 Å². The van der Waals surface area contributed by atoms with Crippen molar-refractivity contribution in [2.75, 3.05) is 40.7 Å². The largest absolute Gasteiger partial charge is 0.493 e. The van der Waals surface area contributed by atoms with Crippen molar-refractivity contribution in [1.82, 2.24) is 5.32 Å². The predicted octanol–water partition coefficient (Wildman–Crippen LogP) is 2.55. The highest BCUT2D eigenvalue weighted by Gasteiger charge is 2.10. The van der Waals surface area contributed by atoms with Crippen LogP contribution in [0.1, 0.15) is 12.0 Å². The summed E-state index contributed by atoms with van der Waals surface area (Å²) in [6, 6.07) is 4.06. The van der Waals surface area contributed by atoms with Crippen molar-refractivity contribution >= 4 is 11.8 Å². The molecule has 0 aliphatic carbocycles. The molecule has 0 spiro atoms. The van der Waals surface area contributed by atoms with E-state index in [-0.39, 0.29) is 0 Å². The van der Waals surface area contributed by atoms with Gasteiger partial charge in [-0.1, -0.05) is 0 Å². The van der Waals surface area contributed by atoms with Crippen molar-refractivity contribution in [2.45, 2.75) is 17.9 Å². The summed E-state index contributed by atoms with van der Waals surface area (Å²) in [6.07, 6.45) is 3.08. The van der Waals surface area contributed by atoms with Crippen molar-refractivity contribution < 1.29 is 14.2 Å². The van der Waals surface area contributed by atoms with Gasteiger partial charge in [-0.15, -0.1) is 11.8 Å². The van der Waals surface area contributed by atoms with E-state index >= 15 is 0 Å². The second-order valence-electron chi connectivity index (χ2n) is 4.04. The fourth-order valence-corrected chi connectivity index (χ4v) is 2.41. The fourth-order valence-electron chi connectivity index (χ4n) is 1.80. The predicted molar refractivity (Wildman–Crippen MR) is 79.5 cm³/mol. The van der Waals surface area contributed by atoms with Crippen LogP contribution >= 0.6 is 11.8 Å². The third kappa shape index (κ3) is 4.93. The van der Waals surface area contributed by atoms with Gasteiger partial charge in [0.2, 0.25) is 0 Å². The van der Waals surface area contributed by atoms with Gasteiger partial charge in [-0.05, 0) is 36.9 Å². The van der Waals surface area contributed by atoms with Crippen molar-refractivity contribution in [3.8, 4) is 11.5 Å². The van der Waals surface area contributed by atoms with Crippen LogP contribution in [-0.4, -0.2) is 40.7 Å². The zero-order valence-corrected chi connectivity index (χ0v) is 12.9. The third-order valence-corrected chi connectivity index (χ3v) is 3.62. The Morgan fingerprint density at radius 3 is 2.37 bits per heavy atom. The Morgan fingerprint density at radius 1 is 1.11 bits per heavy atom. The first-order chi connectivity index (χ1) is 9.26. The van der Waals surface area contributed by atoms with E-state index in [0.717, 1.165) is 37.6 Å². The van der Waals surface area contributed by atoms with E-state index in [0.29, 0.717) is 0 Å². The molecule has 1 aromatic rings. The van der Waals surface area contributed by atoms with Crippen LogP contribution in [-0.2, 0) is 11.3 Å². The molecule has 4 nitrogen and oxygen atoms in total.